The number of halogens is 2. The van der Waals surface area contributed by atoms with Crippen LogP contribution in [0.4, 0.5) is 16.0 Å². The van der Waals surface area contributed by atoms with E-state index in [0.29, 0.717) is 29.9 Å². The van der Waals surface area contributed by atoms with Gasteiger partial charge in [-0.25, -0.2) is 4.39 Å². The monoisotopic (exact) mass is 399 g/mol. The van der Waals surface area contributed by atoms with Gasteiger partial charge in [0.15, 0.2) is 5.16 Å². The fourth-order valence-corrected chi connectivity index (χ4v) is 3.54. The molecule has 0 aliphatic carbocycles. The maximum absolute atomic E-state index is 13.7. The van der Waals surface area contributed by atoms with Gasteiger partial charge in [-0.15, -0.1) is 10.2 Å². The number of carbonyl (C=O) groups excluding carboxylic acids is 1. The van der Waals surface area contributed by atoms with Gasteiger partial charge in [0.2, 0.25) is 11.9 Å². The number of aromatic nitrogens is 3. The van der Waals surface area contributed by atoms with Crippen molar-refractivity contribution in [2.45, 2.75) is 18.6 Å². The van der Waals surface area contributed by atoms with Gasteiger partial charge in [0, 0.05) is 24.7 Å². The minimum Gasteiger partial charge on any atom is -0.378 e. The highest BCUT2D eigenvalue weighted by molar-refractivity contribution is 7.99. The SMILES string of the molecule is CCn1c(SCC(=O)Nc2cc(Cl)ccc2F)nnc1N1CCOCC1. The summed E-state index contributed by atoms with van der Waals surface area (Å²) < 4.78 is 21.0. The smallest absolute Gasteiger partial charge is 0.234 e. The van der Waals surface area contributed by atoms with Gasteiger partial charge in [-0.3, -0.25) is 9.36 Å². The van der Waals surface area contributed by atoms with Crippen LogP contribution in [-0.2, 0) is 16.1 Å². The number of morpholine rings is 1. The Labute approximate surface area is 159 Å². The molecule has 1 aliphatic heterocycles. The largest absolute Gasteiger partial charge is 0.378 e. The van der Waals surface area contributed by atoms with Gasteiger partial charge in [-0.05, 0) is 25.1 Å². The molecule has 2 heterocycles. The zero-order valence-corrected chi connectivity index (χ0v) is 15.8. The second kappa shape index (κ2) is 8.70. The molecular formula is C16H19ClFN5O2S. The second-order valence-electron chi connectivity index (χ2n) is 5.59. The molecule has 0 atom stereocenters. The van der Waals surface area contributed by atoms with E-state index in [2.05, 4.69) is 20.4 Å². The van der Waals surface area contributed by atoms with E-state index in [1.807, 2.05) is 11.5 Å². The van der Waals surface area contributed by atoms with Gasteiger partial charge in [0.05, 0.1) is 24.7 Å². The zero-order valence-electron chi connectivity index (χ0n) is 14.2. The van der Waals surface area contributed by atoms with Crippen molar-refractivity contribution in [2.24, 2.45) is 0 Å². The predicted octanol–water partition coefficient (Wildman–Crippen LogP) is 2.66. The van der Waals surface area contributed by atoms with Gasteiger partial charge in [-0.1, -0.05) is 23.4 Å². The summed E-state index contributed by atoms with van der Waals surface area (Å²) >= 11 is 7.09. The number of benzene rings is 1. The predicted molar refractivity (Wildman–Crippen MR) is 99.5 cm³/mol. The van der Waals surface area contributed by atoms with Gasteiger partial charge in [0.1, 0.15) is 5.82 Å². The molecule has 1 amide bonds. The summed E-state index contributed by atoms with van der Waals surface area (Å²) in [6.45, 7) is 5.53. The average molecular weight is 400 g/mol. The van der Waals surface area contributed by atoms with E-state index in [0.717, 1.165) is 19.0 Å². The molecule has 1 aromatic heterocycles. The lowest BCUT2D eigenvalue weighted by Gasteiger charge is -2.27. The van der Waals surface area contributed by atoms with E-state index in [9.17, 15) is 9.18 Å². The lowest BCUT2D eigenvalue weighted by atomic mass is 10.3. The van der Waals surface area contributed by atoms with E-state index >= 15 is 0 Å². The van der Waals surface area contributed by atoms with Crippen molar-refractivity contribution < 1.29 is 13.9 Å². The molecule has 7 nitrogen and oxygen atoms in total. The van der Waals surface area contributed by atoms with Crippen LogP contribution in [0.5, 0.6) is 0 Å². The van der Waals surface area contributed by atoms with Crippen LogP contribution in [0.15, 0.2) is 23.4 Å². The molecule has 0 bridgehead atoms. The van der Waals surface area contributed by atoms with Crippen molar-refractivity contribution in [2.75, 3.05) is 42.3 Å². The van der Waals surface area contributed by atoms with Gasteiger partial charge < -0.3 is 15.0 Å². The molecular weight excluding hydrogens is 381 g/mol. The lowest BCUT2D eigenvalue weighted by molar-refractivity contribution is -0.113. The Balaban J connectivity index is 1.63. The summed E-state index contributed by atoms with van der Waals surface area (Å²) in [5.41, 5.74) is 0.0639. The Morgan fingerprint density at radius 2 is 2.15 bits per heavy atom. The highest BCUT2D eigenvalue weighted by Crippen LogP contribution is 2.24. The zero-order chi connectivity index (χ0) is 18.5. The Morgan fingerprint density at radius 1 is 1.38 bits per heavy atom. The first-order chi connectivity index (χ1) is 12.6. The van der Waals surface area contributed by atoms with Crippen molar-refractivity contribution in [3.05, 3.63) is 29.0 Å². The Hall–Kier alpha value is -1.84. The molecule has 1 aliphatic rings. The minimum atomic E-state index is -0.529. The normalized spacial score (nSPS) is 14.5. The summed E-state index contributed by atoms with van der Waals surface area (Å²) in [6, 6.07) is 4.02. The molecule has 0 spiro atoms. The summed E-state index contributed by atoms with van der Waals surface area (Å²) in [7, 11) is 0. The van der Waals surface area contributed by atoms with Gasteiger partial charge >= 0.3 is 0 Å². The van der Waals surface area contributed by atoms with Crippen molar-refractivity contribution >= 4 is 40.9 Å². The quantitative estimate of drug-likeness (QED) is 0.753. The highest BCUT2D eigenvalue weighted by atomic mass is 35.5. The highest BCUT2D eigenvalue weighted by Gasteiger charge is 2.20. The fourth-order valence-electron chi connectivity index (χ4n) is 2.57. The van der Waals surface area contributed by atoms with Crippen LogP contribution in [0.2, 0.25) is 5.02 Å². The Kier molecular flexibility index (Phi) is 6.33. The molecule has 0 saturated carbocycles. The molecule has 1 N–H and O–H groups in total. The second-order valence-corrected chi connectivity index (χ2v) is 6.97. The number of nitrogens with zero attached hydrogens (tertiary/aromatic N) is 4. The third-order valence-corrected chi connectivity index (χ3v) is 5.04. The van der Waals surface area contributed by atoms with Gasteiger partial charge in [-0.2, -0.15) is 0 Å². The van der Waals surface area contributed by atoms with E-state index in [-0.39, 0.29) is 17.3 Å². The van der Waals surface area contributed by atoms with Crippen LogP contribution in [-0.4, -0.2) is 52.7 Å². The molecule has 3 rings (SSSR count). The number of amides is 1. The maximum Gasteiger partial charge on any atom is 0.234 e. The van der Waals surface area contributed by atoms with E-state index < -0.39 is 5.82 Å². The fraction of sp³-hybridized carbons (Fsp3) is 0.438. The molecule has 1 saturated heterocycles. The standard InChI is InChI=1S/C16H19ClFN5O2S/c1-2-23-15(22-5-7-25-8-6-22)20-21-16(23)26-10-14(24)19-13-9-11(17)3-4-12(13)18/h3-4,9H,2,5-8,10H2,1H3,(H,19,24). The van der Waals surface area contributed by atoms with Crippen molar-refractivity contribution in [3.63, 3.8) is 0 Å². The number of rotatable bonds is 6. The average Bonchev–Trinajstić information content (AvgIpc) is 3.06. The van der Waals surface area contributed by atoms with E-state index in [4.69, 9.17) is 16.3 Å². The third kappa shape index (κ3) is 4.46. The number of thioether (sulfide) groups is 1. The van der Waals surface area contributed by atoms with Crippen LogP contribution in [0.1, 0.15) is 6.92 Å². The minimum absolute atomic E-state index is 0.0639. The summed E-state index contributed by atoms with van der Waals surface area (Å²) in [5, 5.41) is 12.0. The molecule has 0 unspecified atom stereocenters. The lowest BCUT2D eigenvalue weighted by Crippen LogP contribution is -2.38. The number of anilines is 2. The van der Waals surface area contributed by atoms with Crippen molar-refractivity contribution in [1.29, 1.82) is 0 Å². The Bertz CT molecular complexity index is 782. The van der Waals surface area contributed by atoms with E-state index in [1.54, 1.807) is 0 Å². The molecule has 10 heteroatoms. The Morgan fingerprint density at radius 3 is 2.88 bits per heavy atom. The molecule has 26 heavy (non-hydrogen) atoms. The van der Waals surface area contributed by atoms with Crippen molar-refractivity contribution in [1.82, 2.24) is 14.8 Å². The van der Waals surface area contributed by atoms with Crippen LogP contribution >= 0.6 is 23.4 Å². The maximum atomic E-state index is 13.7. The summed E-state index contributed by atoms with van der Waals surface area (Å²) in [4.78, 5) is 14.2. The first kappa shape index (κ1) is 18.9. The molecule has 0 radical (unpaired) electrons. The molecule has 1 aromatic carbocycles. The number of hydrogen-bond acceptors (Lipinski definition) is 6. The molecule has 1 fully saturated rings. The van der Waals surface area contributed by atoms with Crippen LogP contribution in [0.25, 0.3) is 0 Å². The number of hydrogen-bond donors (Lipinski definition) is 1. The van der Waals surface area contributed by atoms with Crippen LogP contribution in [0.3, 0.4) is 0 Å². The van der Waals surface area contributed by atoms with Gasteiger partial charge in [0.25, 0.3) is 0 Å². The topological polar surface area (TPSA) is 72.3 Å². The third-order valence-electron chi connectivity index (χ3n) is 3.84. The first-order valence-electron chi connectivity index (χ1n) is 8.22. The molecule has 140 valence electrons. The van der Waals surface area contributed by atoms with E-state index in [1.165, 1.54) is 30.0 Å². The van der Waals surface area contributed by atoms with Crippen LogP contribution in [0, 0.1) is 5.82 Å². The summed E-state index contributed by atoms with van der Waals surface area (Å²) in [6.07, 6.45) is 0. The summed E-state index contributed by atoms with van der Waals surface area (Å²) in [5.74, 6) is 0.00104. The molecule has 2 aromatic rings. The number of ether oxygens (including phenoxy) is 1. The van der Waals surface area contributed by atoms with Crippen LogP contribution < -0.4 is 10.2 Å². The van der Waals surface area contributed by atoms with Crippen molar-refractivity contribution in [3.8, 4) is 0 Å². The number of nitrogens with one attached hydrogen (secondary N) is 1. The first-order valence-corrected chi connectivity index (χ1v) is 9.58. The number of carbonyl (C=O) groups is 1.